The van der Waals surface area contributed by atoms with Crippen LogP contribution in [0, 0.1) is 17.3 Å². The van der Waals surface area contributed by atoms with Gasteiger partial charge in [-0.15, -0.1) is 0 Å². The fourth-order valence-electron chi connectivity index (χ4n) is 5.97. The summed E-state index contributed by atoms with van der Waals surface area (Å²) in [5.41, 5.74) is -1.03. The number of amides is 3. The van der Waals surface area contributed by atoms with Gasteiger partial charge in [-0.2, -0.15) is 0 Å². The van der Waals surface area contributed by atoms with Crippen molar-refractivity contribution in [3.05, 3.63) is 35.9 Å². The number of nitrogens with one attached hydrogen (secondary N) is 2. The summed E-state index contributed by atoms with van der Waals surface area (Å²) in [4.78, 5) is 37.9. The lowest BCUT2D eigenvalue weighted by Gasteiger charge is -2.58. The van der Waals surface area contributed by atoms with E-state index in [0.717, 1.165) is 19.3 Å². The number of ether oxygens (including phenoxy) is 1. The molecule has 7 nitrogen and oxygen atoms in total. The predicted molar refractivity (Wildman–Crippen MR) is 105 cm³/mol. The third-order valence-electron chi connectivity index (χ3n) is 6.60. The van der Waals surface area contributed by atoms with Crippen molar-refractivity contribution in [2.75, 3.05) is 6.54 Å². The van der Waals surface area contributed by atoms with E-state index >= 15 is 0 Å². The first-order valence-corrected chi connectivity index (χ1v) is 10.4. The second-order valence-electron chi connectivity index (χ2n) is 9.01. The molecule has 4 saturated carbocycles. The van der Waals surface area contributed by atoms with Crippen LogP contribution in [0.2, 0.25) is 0 Å². The molecule has 0 heterocycles. The summed E-state index contributed by atoms with van der Waals surface area (Å²) in [5.74, 6) is -0.467. The number of hydrogen-bond donors (Lipinski definition) is 3. The first-order valence-electron chi connectivity index (χ1n) is 10.4. The topological polar surface area (TPSA) is 105 Å². The molecule has 29 heavy (non-hydrogen) atoms. The smallest absolute Gasteiger partial charge is 0.321 e. The molecule has 1 aromatic carbocycles. The maximum atomic E-state index is 13.3. The van der Waals surface area contributed by atoms with E-state index in [1.54, 1.807) is 37.3 Å². The number of hydrogen-bond acceptors (Lipinski definition) is 5. The van der Waals surface area contributed by atoms with Gasteiger partial charge in [0, 0.05) is 12.1 Å². The minimum atomic E-state index is -1.21. The first kappa shape index (κ1) is 19.9. The molecule has 3 amide bonds. The summed E-state index contributed by atoms with van der Waals surface area (Å²) < 4.78 is 5.77. The largest absolute Gasteiger partial charge is 0.447 e. The van der Waals surface area contributed by atoms with E-state index < -0.39 is 35.0 Å². The molecular formula is C22H28N2O5. The molecule has 5 atom stereocenters. The normalized spacial score (nSPS) is 33.0. The number of carbonyl (C=O) groups excluding carboxylic acids is 3. The monoisotopic (exact) mass is 400 g/mol. The average molecular weight is 400 g/mol. The fourth-order valence-corrected chi connectivity index (χ4v) is 5.97. The molecule has 4 fully saturated rings. The van der Waals surface area contributed by atoms with Crippen molar-refractivity contribution in [2.45, 2.75) is 57.2 Å². The van der Waals surface area contributed by atoms with Crippen molar-refractivity contribution in [1.29, 1.82) is 0 Å². The van der Waals surface area contributed by atoms with Crippen LogP contribution in [0.1, 0.15) is 57.1 Å². The number of aliphatic hydroxyl groups is 1. The maximum Gasteiger partial charge on any atom is 0.321 e. The van der Waals surface area contributed by atoms with Gasteiger partial charge in [-0.3, -0.25) is 14.9 Å². The lowest BCUT2D eigenvalue weighted by molar-refractivity contribution is -0.200. The van der Waals surface area contributed by atoms with Gasteiger partial charge < -0.3 is 15.2 Å². The molecule has 0 aromatic heterocycles. The zero-order chi connectivity index (χ0) is 20.6. The lowest BCUT2D eigenvalue weighted by Crippen LogP contribution is -2.58. The SMILES string of the molecule is CCNC(=O)NC(=O)[C@H](OC(=O)C12C[C@@H]3C[C@@H](CC(O)(C3)C1)C2)c1ccccc1. The van der Waals surface area contributed by atoms with Gasteiger partial charge in [0.1, 0.15) is 0 Å². The lowest BCUT2D eigenvalue weighted by atomic mass is 9.48. The molecule has 0 radical (unpaired) electrons. The van der Waals surface area contributed by atoms with E-state index in [9.17, 15) is 19.5 Å². The molecule has 0 spiro atoms. The Kier molecular flexibility index (Phi) is 5.11. The summed E-state index contributed by atoms with van der Waals surface area (Å²) >= 11 is 0. The van der Waals surface area contributed by atoms with E-state index in [1.807, 2.05) is 0 Å². The van der Waals surface area contributed by atoms with Gasteiger partial charge in [0.05, 0.1) is 11.0 Å². The number of imide groups is 1. The molecule has 2 unspecified atom stereocenters. The van der Waals surface area contributed by atoms with E-state index in [4.69, 9.17) is 4.74 Å². The molecule has 4 aliphatic carbocycles. The number of esters is 1. The Morgan fingerprint density at radius 2 is 1.79 bits per heavy atom. The Bertz CT molecular complexity index is 795. The molecule has 0 aliphatic heterocycles. The van der Waals surface area contributed by atoms with E-state index in [1.165, 1.54) is 0 Å². The Balaban J connectivity index is 1.55. The number of urea groups is 1. The Hall–Kier alpha value is -2.41. The summed E-state index contributed by atoms with van der Waals surface area (Å²) in [6, 6.07) is 8.08. The average Bonchev–Trinajstić information content (AvgIpc) is 2.64. The van der Waals surface area contributed by atoms with E-state index in [-0.39, 0.29) is 0 Å². The highest BCUT2D eigenvalue weighted by Gasteiger charge is 2.61. The molecule has 7 heteroatoms. The highest BCUT2D eigenvalue weighted by atomic mass is 16.5. The van der Waals surface area contributed by atoms with Gasteiger partial charge in [0.25, 0.3) is 5.91 Å². The number of benzene rings is 1. The van der Waals surface area contributed by atoms with Crippen LogP contribution in [0.4, 0.5) is 4.79 Å². The molecule has 4 aliphatic rings. The van der Waals surface area contributed by atoms with Crippen LogP contribution in [0.5, 0.6) is 0 Å². The van der Waals surface area contributed by atoms with Crippen LogP contribution < -0.4 is 10.6 Å². The Morgan fingerprint density at radius 3 is 2.38 bits per heavy atom. The third kappa shape index (κ3) is 3.88. The Morgan fingerprint density at radius 1 is 1.14 bits per heavy atom. The zero-order valence-corrected chi connectivity index (χ0v) is 16.6. The highest BCUT2D eigenvalue weighted by Crippen LogP contribution is 2.62. The van der Waals surface area contributed by atoms with Crippen molar-refractivity contribution < 1.29 is 24.2 Å². The van der Waals surface area contributed by atoms with Gasteiger partial charge in [0.15, 0.2) is 0 Å². The van der Waals surface area contributed by atoms with Crippen molar-refractivity contribution in [2.24, 2.45) is 17.3 Å². The van der Waals surface area contributed by atoms with E-state index in [2.05, 4.69) is 10.6 Å². The molecule has 0 saturated heterocycles. The standard InChI is InChI=1S/C22H28N2O5/c1-2-23-20(27)24-18(25)17(16-6-4-3-5-7-16)29-19(26)21-9-14-8-15(10-21)12-22(28,11-14)13-21/h3-7,14-15,17,28H,2,8-13H2,1H3,(H2,23,24,25,27)/t14-,15+,17-,21?,22?/m1/s1. The minimum Gasteiger partial charge on any atom is -0.447 e. The quantitative estimate of drug-likeness (QED) is 0.659. The fraction of sp³-hybridized carbons (Fsp3) is 0.591. The van der Waals surface area contributed by atoms with Crippen molar-refractivity contribution in [3.63, 3.8) is 0 Å². The molecule has 1 aromatic rings. The predicted octanol–water partition coefficient (Wildman–Crippen LogP) is 2.45. The summed E-state index contributed by atoms with van der Waals surface area (Å²) in [6.07, 6.45) is 3.13. The minimum absolute atomic E-state index is 0.327. The van der Waals surface area contributed by atoms with Gasteiger partial charge in [-0.1, -0.05) is 30.3 Å². The number of carbonyl (C=O) groups is 3. The van der Waals surface area contributed by atoms with Crippen LogP contribution in [-0.2, 0) is 14.3 Å². The third-order valence-corrected chi connectivity index (χ3v) is 6.60. The van der Waals surface area contributed by atoms with E-state index in [0.29, 0.717) is 43.2 Å². The van der Waals surface area contributed by atoms with Crippen LogP contribution in [-0.4, -0.2) is 35.2 Å². The first-order chi connectivity index (χ1) is 13.8. The van der Waals surface area contributed by atoms with Crippen molar-refractivity contribution >= 4 is 17.9 Å². The maximum absolute atomic E-state index is 13.3. The van der Waals surface area contributed by atoms with Gasteiger partial charge >= 0.3 is 12.0 Å². The van der Waals surface area contributed by atoms with Crippen LogP contribution in [0.15, 0.2) is 30.3 Å². The molecule has 3 N–H and O–H groups in total. The molecule has 4 bridgehead atoms. The second kappa shape index (κ2) is 7.44. The Labute approximate surface area is 170 Å². The van der Waals surface area contributed by atoms with Crippen LogP contribution in [0.3, 0.4) is 0 Å². The second-order valence-corrected chi connectivity index (χ2v) is 9.01. The number of rotatable bonds is 5. The molecular weight excluding hydrogens is 372 g/mol. The summed E-state index contributed by atoms with van der Waals surface area (Å²) in [7, 11) is 0. The zero-order valence-electron chi connectivity index (χ0n) is 16.6. The summed E-state index contributed by atoms with van der Waals surface area (Å²) in [5, 5.41) is 15.7. The van der Waals surface area contributed by atoms with Gasteiger partial charge in [0.2, 0.25) is 6.10 Å². The van der Waals surface area contributed by atoms with Crippen molar-refractivity contribution in [3.8, 4) is 0 Å². The molecule has 156 valence electrons. The summed E-state index contributed by atoms with van der Waals surface area (Å²) in [6.45, 7) is 2.12. The van der Waals surface area contributed by atoms with Crippen LogP contribution >= 0.6 is 0 Å². The van der Waals surface area contributed by atoms with Crippen LogP contribution in [0.25, 0.3) is 0 Å². The molecule has 5 rings (SSSR count). The van der Waals surface area contributed by atoms with Gasteiger partial charge in [-0.25, -0.2) is 4.79 Å². The van der Waals surface area contributed by atoms with Gasteiger partial charge in [-0.05, 0) is 57.3 Å². The highest BCUT2D eigenvalue weighted by molar-refractivity contribution is 5.98. The van der Waals surface area contributed by atoms with Crippen molar-refractivity contribution in [1.82, 2.24) is 10.6 Å².